The van der Waals surface area contributed by atoms with Crippen molar-refractivity contribution in [3.63, 3.8) is 0 Å². The molecule has 0 aliphatic carbocycles. The highest BCUT2D eigenvalue weighted by atomic mass is 35.5. The van der Waals surface area contributed by atoms with E-state index in [1.54, 1.807) is 25.3 Å². The van der Waals surface area contributed by atoms with Crippen LogP contribution in [0.25, 0.3) is 0 Å². The molecule has 2 N–H and O–H groups in total. The summed E-state index contributed by atoms with van der Waals surface area (Å²) in [6, 6.07) is 10.3. The fourth-order valence-electron chi connectivity index (χ4n) is 2.20. The molecule has 6 nitrogen and oxygen atoms in total. The molecule has 0 bridgehead atoms. The number of halogens is 1. The number of methoxy groups -OCH3 is 2. The minimum Gasteiger partial charge on any atom is -0.495 e. The maximum atomic E-state index is 12.2. The Morgan fingerprint density at radius 1 is 1.12 bits per heavy atom. The van der Waals surface area contributed by atoms with Crippen molar-refractivity contribution in [1.29, 1.82) is 0 Å². The van der Waals surface area contributed by atoms with Gasteiger partial charge in [-0.05, 0) is 42.8 Å². The van der Waals surface area contributed by atoms with Crippen LogP contribution in [0.4, 0.5) is 11.4 Å². The number of carbonyl (C=O) groups is 2. The summed E-state index contributed by atoms with van der Waals surface area (Å²) >= 11 is 5.97. The zero-order chi connectivity index (χ0) is 18.4. The lowest BCUT2D eigenvalue weighted by Crippen LogP contribution is -2.22. The molecule has 0 fully saturated rings. The van der Waals surface area contributed by atoms with Crippen molar-refractivity contribution in [1.82, 2.24) is 0 Å². The molecule has 0 atom stereocenters. The van der Waals surface area contributed by atoms with E-state index < -0.39 is 5.97 Å². The quantitative estimate of drug-likeness (QED) is 0.769. The zero-order valence-electron chi connectivity index (χ0n) is 14.2. The average molecular weight is 363 g/mol. The summed E-state index contributed by atoms with van der Waals surface area (Å²) in [4.78, 5) is 23.8. The van der Waals surface area contributed by atoms with Crippen molar-refractivity contribution in [3.05, 3.63) is 52.5 Å². The number of rotatable bonds is 6. The van der Waals surface area contributed by atoms with E-state index >= 15 is 0 Å². The topological polar surface area (TPSA) is 76.7 Å². The van der Waals surface area contributed by atoms with Crippen LogP contribution in [0, 0.1) is 6.92 Å². The number of ether oxygens (including phenoxy) is 2. The largest absolute Gasteiger partial charge is 0.495 e. The lowest BCUT2D eigenvalue weighted by molar-refractivity contribution is -0.114. The van der Waals surface area contributed by atoms with E-state index in [9.17, 15) is 9.59 Å². The number of nitrogens with one attached hydrogen (secondary N) is 2. The smallest absolute Gasteiger partial charge is 0.339 e. The number of anilines is 2. The zero-order valence-corrected chi connectivity index (χ0v) is 14.9. The normalized spacial score (nSPS) is 10.1. The molecule has 0 aliphatic rings. The molecule has 0 aliphatic heterocycles. The lowest BCUT2D eigenvalue weighted by atomic mass is 10.2. The van der Waals surface area contributed by atoms with Crippen LogP contribution in [0.5, 0.6) is 5.75 Å². The third-order valence-electron chi connectivity index (χ3n) is 3.45. The molecule has 0 unspecified atom stereocenters. The molecule has 1 amide bonds. The van der Waals surface area contributed by atoms with E-state index in [-0.39, 0.29) is 23.0 Å². The van der Waals surface area contributed by atoms with Crippen molar-refractivity contribution >= 4 is 34.9 Å². The van der Waals surface area contributed by atoms with Crippen LogP contribution in [0.1, 0.15) is 15.9 Å². The second-order valence-corrected chi connectivity index (χ2v) is 5.70. The Bertz CT molecular complexity index is 793. The molecule has 2 aromatic carbocycles. The standard InChI is InChI=1S/C18H19ClN2O4/c1-11-4-7-16(24-2)15(8-11)21-17(22)10-20-12-5-6-14(19)13(9-12)18(23)25-3/h4-9,20H,10H2,1-3H3,(H,21,22). The number of aryl methyl sites for hydroxylation is 1. The molecule has 0 radical (unpaired) electrons. The van der Waals surface area contributed by atoms with Gasteiger partial charge in [0.15, 0.2) is 0 Å². The predicted octanol–water partition coefficient (Wildman–Crippen LogP) is 3.49. The number of hydrogen-bond donors (Lipinski definition) is 2. The summed E-state index contributed by atoms with van der Waals surface area (Å²) < 4.78 is 9.90. The molecule has 25 heavy (non-hydrogen) atoms. The van der Waals surface area contributed by atoms with Gasteiger partial charge in [0.25, 0.3) is 0 Å². The van der Waals surface area contributed by atoms with Crippen LogP contribution in [-0.2, 0) is 9.53 Å². The van der Waals surface area contributed by atoms with Gasteiger partial charge in [0.1, 0.15) is 5.75 Å². The molecule has 0 heterocycles. The highest BCUT2D eigenvalue weighted by Crippen LogP contribution is 2.25. The van der Waals surface area contributed by atoms with E-state index in [1.165, 1.54) is 13.2 Å². The third kappa shape index (κ3) is 4.87. The Morgan fingerprint density at radius 2 is 1.88 bits per heavy atom. The monoisotopic (exact) mass is 362 g/mol. The van der Waals surface area contributed by atoms with E-state index in [4.69, 9.17) is 16.3 Å². The van der Waals surface area contributed by atoms with Gasteiger partial charge in [-0.25, -0.2) is 4.79 Å². The van der Waals surface area contributed by atoms with E-state index in [1.807, 2.05) is 19.1 Å². The second kappa shape index (κ2) is 8.39. The molecule has 0 aromatic heterocycles. The molecule has 0 saturated carbocycles. The average Bonchev–Trinajstić information content (AvgIpc) is 2.60. The number of carbonyl (C=O) groups excluding carboxylic acids is 2. The molecule has 7 heteroatoms. The van der Waals surface area contributed by atoms with Crippen molar-refractivity contribution < 1.29 is 19.1 Å². The summed E-state index contributed by atoms with van der Waals surface area (Å²) in [5.74, 6) is -0.209. The minimum absolute atomic E-state index is 0.0132. The fraction of sp³-hybridized carbons (Fsp3) is 0.222. The number of amides is 1. The molecule has 132 valence electrons. The maximum Gasteiger partial charge on any atom is 0.339 e. The molecule has 0 spiro atoms. The molecular weight excluding hydrogens is 344 g/mol. The molecule has 2 rings (SSSR count). The summed E-state index contributed by atoms with van der Waals surface area (Å²) in [6.45, 7) is 1.94. The first-order chi connectivity index (χ1) is 11.9. The molecule has 0 saturated heterocycles. The van der Waals surface area contributed by atoms with Gasteiger partial charge in [-0.1, -0.05) is 17.7 Å². The van der Waals surface area contributed by atoms with Crippen molar-refractivity contribution in [3.8, 4) is 5.75 Å². The summed E-state index contributed by atoms with van der Waals surface area (Å²) in [5.41, 5.74) is 2.41. The van der Waals surface area contributed by atoms with Gasteiger partial charge >= 0.3 is 5.97 Å². The van der Waals surface area contributed by atoms with Crippen molar-refractivity contribution in [2.45, 2.75) is 6.92 Å². The van der Waals surface area contributed by atoms with Gasteiger partial charge in [0.2, 0.25) is 5.91 Å². The summed E-state index contributed by atoms with van der Waals surface area (Å²) in [5, 5.41) is 6.02. The van der Waals surface area contributed by atoms with Crippen molar-refractivity contribution in [2.24, 2.45) is 0 Å². The van der Waals surface area contributed by atoms with Gasteiger partial charge in [-0.15, -0.1) is 0 Å². The third-order valence-corrected chi connectivity index (χ3v) is 3.78. The number of esters is 1. The van der Waals surface area contributed by atoms with Crippen LogP contribution < -0.4 is 15.4 Å². The first-order valence-electron chi connectivity index (χ1n) is 7.51. The SMILES string of the molecule is COC(=O)c1cc(NCC(=O)Nc2cc(C)ccc2OC)ccc1Cl. The highest BCUT2D eigenvalue weighted by molar-refractivity contribution is 6.33. The first kappa shape index (κ1) is 18.6. The van der Waals surface area contributed by atoms with Crippen LogP contribution >= 0.6 is 11.6 Å². The van der Waals surface area contributed by atoms with Gasteiger partial charge in [0, 0.05) is 5.69 Å². The Morgan fingerprint density at radius 3 is 2.56 bits per heavy atom. The van der Waals surface area contributed by atoms with Crippen LogP contribution in [0.3, 0.4) is 0 Å². The highest BCUT2D eigenvalue weighted by Gasteiger charge is 2.12. The van der Waals surface area contributed by atoms with E-state index in [2.05, 4.69) is 15.4 Å². The lowest BCUT2D eigenvalue weighted by Gasteiger charge is -2.12. The van der Waals surface area contributed by atoms with Gasteiger partial charge in [-0.3, -0.25) is 4.79 Å². The fourth-order valence-corrected chi connectivity index (χ4v) is 2.39. The summed E-state index contributed by atoms with van der Waals surface area (Å²) in [7, 11) is 2.82. The predicted molar refractivity (Wildman–Crippen MR) is 97.6 cm³/mol. The Hall–Kier alpha value is -2.73. The second-order valence-electron chi connectivity index (χ2n) is 5.29. The Balaban J connectivity index is 2.03. The van der Waals surface area contributed by atoms with Crippen molar-refractivity contribution in [2.75, 3.05) is 31.4 Å². The maximum absolute atomic E-state index is 12.2. The first-order valence-corrected chi connectivity index (χ1v) is 7.88. The van der Waals surface area contributed by atoms with Gasteiger partial charge in [-0.2, -0.15) is 0 Å². The van der Waals surface area contributed by atoms with Crippen LogP contribution in [0.2, 0.25) is 5.02 Å². The van der Waals surface area contributed by atoms with E-state index in [0.717, 1.165) is 5.56 Å². The van der Waals surface area contributed by atoms with Gasteiger partial charge in [0.05, 0.1) is 37.0 Å². The Kier molecular flexibility index (Phi) is 6.25. The van der Waals surface area contributed by atoms with Crippen LogP contribution in [-0.4, -0.2) is 32.6 Å². The molecular formula is C18H19ClN2O4. The Labute approximate surface area is 151 Å². The van der Waals surface area contributed by atoms with E-state index in [0.29, 0.717) is 17.1 Å². The number of benzene rings is 2. The minimum atomic E-state index is -0.539. The molecule has 2 aromatic rings. The number of hydrogen-bond acceptors (Lipinski definition) is 5. The summed E-state index contributed by atoms with van der Waals surface area (Å²) in [6.07, 6.45) is 0. The van der Waals surface area contributed by atoms with Gasteiger partial charge < -0.3 is 20.1 Å². The van der Waals surface area contributed by atoms with Crippen LogP contribution in [0.15, 0.2) is 36.4 Å².